The smallest absolute Gasteiger partial charge is 0.245 e. The maximum atomic E-state index is 12.7. The highest BCUT2D eigenvalue weighted by Gasteiger charge is 2.23. The number of hydrogen-bond donors (Lipinski definition) is 1. The summed E-state index contributed by atoms with van der Waals surface area (Å²) in [6.07, 6.45) is 1.06. The van der Waals surface area contributed by atoms with E-state index in [9.17, 15) is 13.2 Å². The Morgan fingerprint density at radius 2 is 1.77 bits per heavy atom. The van der Waals surface area contributed by atoms with Gasteiger partial charge in [-0.15, -0.1) is 0 Å². The number of furan rings is 1. The van der Waals surface area contributed by atoms with Gasteiger partial charge < -0.3 is 9.73 Å². The molecule has 0 aliphatic carbocycles. The van der Waals surface area contributed by atoms with Crippen LogP contribution in [0, 0.1) is 6.92 Å². The standard InChI is InChI=1S/C22H19ClN2O4S/c1-14-18(23)7-5-8-19(14)25(30(2,27)28)13-22(26)24-15-10-11-17-16-6-3-4-9-20(16)29-21(17)12-15/h3-12H,13H2,1-2H3,(H,24,26). The van der Waals surface area contributed by atoms with E-state index in [1.165, 1.54) is 0 Å². The van der Waals surface area contributed by atoms with Crippen LogP contribution >= 0.6 is 11.6 Å². The van der Waals surface area contributed by atoms with Crippen LogP contribution < -0.4 is 9.62 Å². The van der Waals surface area contributed by atoms with Crippen molar-refractivity contribution in [1.29, 1.82) is 0 Å². The van der Waals surface area contributed by atoms with Crippen molar-refractivity contribution in [2.75, 3.05) is 22.4 Å². The van der Waals surface area contributed by atoms with Crippen LogP contribution in [0.3, 0.4) is 0 Å². The van der Waals surface area contributed by atoms with Gasteiger partial charge in [-0.1, -0.05) is 35.9 Å². The molecule has 0 spiro atoms. The predicted octanol–water partition coefficient (Wildman–Crippen LogP) is 4.95. The highest BCUT2D eigenvalue weighted by Crippen LogP contribution is 2.31. The van der Waals surface area contributed by atoms with E-state index >= 15 is 0 Å². The summed E-state index contributed by atoms with van der Waals surface area (Å²) in [6, 6.07) is 18.0. The van der Waals surface area contributed by atoms with Crippen LogP contribution in [0.1, 0.15) is 5.56 Å². The molecule has 4 rings (SSSR count). The predicted molar refractivity (Wildman–Crippen MR) is 121 cm³/mol. The fraction of sp³-hybridized carbons (Fsp3) is 0.136. The normalized spacial score (nSPS) is 11.7. The molecule has 1 heterocycles. The van der Waals surface area contributed by atoms with E-state index in [1.807, 2.05) is 30.3 Å². The molecule has 3 aromatic carbocycles. The molecule has 1 aromatic heterocycles. The lowest BCUT2D eigenvalue weighted by Gasteiger charge is -2.24. The summed E-state index contributed by atoms with van der Waals surface area (Å²) in [5.41, 5.74) is 2.87. The first kappa shape index (κ1) is 20.3. The van der Waals surface area contributed by atoms with Crippen molar-refractivity contribution in [1.82, 2.24) is 0 Å². The van der Waals surface area contributed by atoms with Gasteiger partial charge in [0.25, 0.3) is 0 Å². The zero-order valence-corrected chi connectivity index (χ0v) is 17.9. The number of amides is 1. The maximum Gasteiger partial charge on any atom is 0.245 e. The Labute approximate surface area is 179 Å². The van der Waals surface area contributed by atoms with Crippen LogP contribution in [0.2, 0.25) is 5.02 Å². The summed E-state index contributed by atoms with van der Waals surface area (Å²) in [5.74, 6) is -0.477. The number of carbonyl (C=O) groups excluding carboxylic acids is 1. The van der Waals surface area contributed by atoms with Crippen LogP contribution in [0.15, 0.2) is 65.1 Å². The van der Waals surface area contributed by atoms with Crippen molar-refractivity contribution < 1.29 is 17.6 Å². The van der Waals surface area contributed by atoms with Gasteiger partial charge in [0.05, 0.1) is 11.9 Å². The summed E-state index contributed by atoms with van der Waals surface area (Å²) in [6.45, 7) is 1.33. The minimum Gasteiger partial charge on any atom is -0.456 e. The van der Waals surface area contributed by atoms with Gasteiger partial charge in [0.2, 0.25) is 15.9 Å². The fourth-order valence-corrected chi connectivity index (χ4v) is 4.46. The molecule has 0 unspecified atom stereocenters. The molecule has 0 saturated heterocycles. The molecule has 0 radical (unpaired) electrons. The number of anilines is 2. The third kappa shape index (κ3) is 3.86. The van der Waals surface area contributed by atoms with Crippen molar-refractivity contribution >= 4 is 60.8 Å². The second-order valence-electron chi connectivity index (χ2n) is 7.01. The number of sulfonamides is 1. The highest BCUT2D eigenvalue weighted by atomic mass is 35.5. The lowest BCUT2D eigenvalue weighted by atomic mass is 10.1. The number of nitrogens with one attached hydrogen (secondary N) is 1. The summed E-state index contributed by atoms with van der Waals surface area (Å²) in [5, 5.41) is 5.11. The molecule has 0 saturated carbocycles. The van der Waals surface area contributed by atoms with Gasteiger partial charge in [0, 0.05) is 27.5 Å². The van der Waals surface area contributed by atoms with E-state index in [4.69, 9.17) is 16.0 Å². The number of benzene rings is 3. The number of para-hydroxylation sites is 1. The largest absolute Gasteiger partial charge is 0.456 e. The molecular formula is C22H19ClN2O4S. The minimum absolute atomic E-state index is 0.368. The lowest BCUT2D eigenvalue weighted by molar-refractivity contribution is -0.114. The molecule has 6 nitrogen and oxygen atoms in total. The van der Waals surface area contributed by atoms with E-state index < -0.39 is 15.9 Å². The van der Waals surface area contributed by atoms with E-state index in [2.05, 4.69) is 5.32 Å². The Bertz CT molecular complexity index is 1380. The van der Waals surface area contributed by atoms with Crippen molar-refractivity contribution in [3.63, 3.8) is 0 Å². The third-order valence-corrected chi connectivity index (χ3v) is 6.39. The Morgan fingerprint density at radius 1 is 1.03 bits per heavy atom. The second-order valence-corrected chi connectivity index (χ2v) is 9.32. The van der Waals surface area contributed by atoms with Gasteiger partial charge in [-0.05, 0) is 42.8 Å². The van der Waals surface area contributed by atoms with Crippen molar-refractivity contribution in [2.24, 2.45) is 0 Å². The van der Waals surface area contributed by atoms with E-state index in [-0.39, 0.29) is 6.54 Å². The average Bonchev–Trinajstić information content (AvgIpc) is 3.05. The fourth-order valence-electron chi connectivity index (χ4n) is 3.38. The van der Waals surface area contributed by atoms with Crippen LogP contribution in [-0.4, -0.2) is 27.1 Å². The quantitative estimate of drug-likeness (QED) is 0.474. The Morgan fingerprint density at radius 3 is 2.53 bits per heavy atom. The monoisotopic (exact) mass is 442 g/mol. The molecule has 30 heavy (non-hydrogen) atoms. The zero-order valence-electron chi connectivity index (χ0n) is 16.3. The Balaban J connectivity index is 1.60. The van der Waals surface area contributed by atoms with Gasteiger partial charge >= 0.3 is 0 Å². The molecular weight excluding hydrogens is 424 g/mol. The lowest BCUT2D eigenvalue weighted by Crippen LogP contribution is -2.37. The molecule has 0 aliphatic rings. The molecule has 8 heteroatoms. The Kier molecular flexibility index (Phi) is 5.17. The second kappa shape index (κ2) is 7.66. The van der Waals surface area contributed by atoms with E-state index in [1.54, 1.807) is 37.3 Å². The van der Waals surface area contributed by atoms with Crippen LogP contribution in [0.4, 0.5) is 11.4 Å². The molecule has 154 valence electrons. The van der Waals surface area contributed by atoms with Gasteiger partial charge in [0.15, 0.2) is 0 Å². The van der Waals surface area contributed by atoms with E-state index in [0.29, 0.717) is 27.5 Å². The number of nitrogens with zero attached hydrogens (tertiary/aromatic N) is 1. The first-order valence-corrected chi connectivity index (χ1v) is 11.4. The molecule has 0 bridgehead atoms. The van der Waals surface area contributed by atoms with Crippen molar-refractivity contribution in [3.8, 4) is 0 Å². The number of halogens is 1. The molecule has 0 fully saturated rings. The molecule has 0 aliphatic heterocycles. The first-order valence-electron chi connectivity index (χ1n) is 9.18. The van der Waals surface area contributed by atoms with Gasteiger partial charge in [-0.25, -0.2) is 8.42 Å². The number of hydrogen-bond acceptors (Lipinski definition) is 4. The summed E-state index contributed by atoms with van der Waals surface area (Å²) >= 11 is 6.13. The maximum absolute atomic E-state index is 12.7. The first-order chi connectivity index (χ1) is 14.2. The van der Waals surface area contributed by atoms with Crippen LogP contribution in [0.25, 0.3) is 21.9 Å². The van der Waals surface area contributed by atoms with Crippen molar-refractivity contribution in [3.05, 3.63) is 71.2 Å². The number of rotatable bonds is 5. The number of fused-ring (bicyclic) bond motifs is 3. The third-order valence-electron chi connectivity index (χ3n) is 4.86. The summed E-state index contributed by atoms with van der Waals surface area (Å²) < 4.78 is 31.6. The van der Waals surface area contributed by atoms with Gasteiger partial charge in [-0.2, -0.15) is 0 Å². The van der Waals surface area contributed by atoms with E-state index in [0.717, 1.165) is 26.9 Å². The van der Waals surface area contributed by atoms with Crippen molar-refractivity contribution in [2.45, 2.75) is 6.92 Å². The summed E-state index contributed by atoms with van der Waals surface area (Å²) in [7, 11) is -3.70. The highest BCUT2D eigenvalue weighted by molar-refractivity contribution is 7.92. The van der Waals surface area contributed by atoms with Crippen LogP contribution in [0.5, 0.6) is 0 Å². The zero-order chi connectivity index (χ0) is 21.5. The molecule has 4 aromatic rings. The van der Waals surface area contributed by atoms with Gasteiger partial charge in [-0.3, -0.25) is 9.10 Å². The topological polar surface area (TPSA) is 79.6 Å². The minimum atomic E-state index is -3.70. The number of carbonyl (C=O) groups is 1. The SMILES string of the molecule is Cc1c(Cl)cccc1N(CC(=O)Nc1ccc2c(c1)oc1ccccc12)S(C)(=O)=O. The van der Waals surface area contributed by atoms with Crippen LogP contribution in [-0.2, 0) is 14.8 Å². The molecule has 0 atom stereocenters. The molecule has 1 N–H and O–H groups in total. The van der Waals surface area contributed by atoms with Gasteiger partial charge in [0.1, 0.15) is 17.7 Å². The Hall–Kier alpha value is -3.03. The molecule has 1 amide bonds. The average molecular weight is 443 g/mol. The summed E-state index contributed by atoms with van der Waals surface area (Å²) in [4.78, 5) is 12.7.